The number of nitrogens with one attached hydrogen (secondary N) is 1. The van der Waals surface area contributed by atoms with E-state index in [1.807, 2.05) is 19.0 Å². The second-order valence-electron chi connectivity index (χ2n) is 3.88. The zero-order chi connectivity index (χ0) is 11.3. The van der Waals surface area contributed by atoms with E-state index in [1.54, 1.807) is 0 Å². The van der Waals surface area contributed by atoms with Gasteiger partial charge in [-0.15, -0.1) is 0 Å². The van der Waals surface area contributed by atoms with Crippen LogP contribution in [0.2, 0.25) is 0 Å². The van der Waals surface area contributed by atoms with Gasteiger partial charge in [-0.1, -0.05) is 0 Å². The maximum absolute atomic E-state index is 11.7. The Bertz CT molecular complexity index is 243. The summed E-state index contributed by atoms with van der Waals surface area (Å²) in [5, 5.41) is 3.02. The summed E-state index contributed by atoms with van der Waals surface area (Å²) in [6.07, 6.45) is 1.33. The molecule has 2 amide bonds. The van der Waals surface area contributed by atoms with Gasteiger partial charge in [0.25, 0.3) is 0 Å². The van der Waals surface area contributed by atoms with Crippen LogP contribution in [0.25, 0.3) is 0 Å². The van der Waals surface area contributed by atoms with Crippen LogP contribution in [0.5, 0.6) is 0 Å². The summed E-state index contributed by atoms with van der Waals surface area (Å²) in [5.74, 6) is -0.0990. The third-order valence-corrected chi connectivity index (χ3v) is 2.52. The average Bonchev–Trinajstić information content (AvgIpc) is 2.61. The van der Waals surface area contributed by atoms with Gasteiger partial charge >= 0.3 is 0 Å². The Balaban J connectivity index is 2.31. The molecular formula is C10H19N3O2. The molecule has 5 nitrogen and oxygen atoms in total. The highest BCUT2D eigenvalue weighted by Gasteiger charge is 2.26. The standard InChI is InChI=1S/C10H19N3O2/c1-11-5-7-12(2)8-10(15)13-6-3-4-9(13)14/h11H,3-8H2,1-2H3. The van der Waals surface area contributed by atoms with Crippen LogP contribution in [0, 0.1) is 0 Å². The van der Waals surface area contributed by atoms with Gasteiger partial charge in [0.05, 0.1) is 6.54 Å². The first-order valence-corrected chi connectivity index (χ1v) is 5.31. The molecule has 1 heterocycles. The number of nitrogens with zero attached hydrogens (tertiary/aromatic N) is 2. The summed E-state index contributed by atoms with van der Waals surface area (Å²) in [5.41, 5.74) is 0. The number of carbonyl (C=O) groups excluding carboxylic acids is 2. The topological polar surface area (TPSA) is 52.7 Å². The smallest absolute Gasteiger partial charge is 0.243 e. The first kappa shape index (κ1) is 12.1. The summed E-state index contributed by atoms with van der Waals surface area (Å²) < 4.78 is 0. The molecule has 0 aromatic carbocycles. The lowest BCUT2D eigenvalue weighted by atomic mass is 10.4. The van der Waals surface area contributed by atoms with Crippen LogP contribution in [0.4, 0.5) is 0 Å². The highest BCUT2D eigenvalue weighted by atomic mass is 16.2. The van der Waals surface area contributed by atoms with Crippen LogP contribution in [0.15, 0.2) is 0 Å². The molecule has 1 fully saturated rings. The Morgan fingerprint density at radius 3 is 2.87 bits per heavy atom. The maximum Gasteiger partial charge on any atom is 0.243 e. The number of hydrogen-bond acceptors (Lipinski definition) is 4. The summed E-state index contributed by atoms with van der Waals surface area (Å²) >= 11 is 0. The average molecular weight is 213 g/mol. The predicted octanol–water partition coefficient (Wildman–Crippen LogP) is -0.713. The first-order chi connectivity index (χ1) is 7.15. The second kappa shape index (κ2) is 5.82. The lowest BCUT2D eigenvalue weighted by Crippen LogP contribution is -2.41. The number of likely N-dealkylation sites (N-methyl/N-ethyl adjacent to an activating group) is 2. The first-order valence-electron chi connectivity index (χ1n) is 5.31. The van der Waals surface area contributed by atoms with E-state index in [4.69, 9.17) is 0 Å². The monoisotopic (exact) mass is 213 g/mol. The minimum atomic E-state index is -0.0731. The molecule has 15 heavy (non-hydrogen) atoms. The Kier molecular flexibility index (Phi) is 4.71. The normalized spacial score (nSPS) is 16.5. The molecule has 0 saturated carbocycles. The van der Waals surface area contributed by atoms with E-state index in [2.05, 4.69) is 5.32 Å². The molecule has 0 bridgehead atoms. The third-order valence-electron chi connectivity index (χ3n) is 2.52. The van der Waals surface area contributed by atoms with Crippen molar-refractivity contribution in [3.8, 4) is 0 Å². The highest BCUT2D eigenvalue weighted by molar-refractivity contribution is 5.97. The Hall–Kier alpha value is -0.940. The number of rotatable bonds is 5. The molecular weight excluding hydrogens is 194 g/mol. The minimum Gasteiger partial charge on any atom is -0.318 e. The van der Waals surface area contributed by atoms with E-state index in [1.165, 1.54) is 4.90 Å². The fraction of sp³-hybridized carbons (Fsp3) is 0.800. The van der Waals surface area contributed by atoms with Crippen molar-refractivity contribution in [2.24, 2.45) is 0 Å². The molecule has 5 heteroatoms. The molecule has 1 saturated heterocycles. The van der Waals surface area contributed by atoms with Gasteiger partial charge in [-0.3, -0.25) is 19.4 Å². The Morgan fingerprint density at radius 2 is 2.33 bits per heavy atom. The maximum atomic E-state index is 11.7. The molecule has 0 unspecified atom stereocenters. The molecule has 0 spiro atoms. The van der Waals surface area contributed by atoms with Gasteiger partial charge < -0.3 is 5.32 Å². The number of carbonyl (C=O) groups is 2. The fourth-order valence-corrected chi connectivity index (χ4v) is 1.61. The third kappa shape index (κ3) is 3.60. The van der Waals surface area contributed by atoms with Crippen molar-refractivity contribution < 1.29 is 9.59 Å². The van der Waals surface area contributed by atoms with Crippen molar-refractivity contribution >= 4 is 11.8 Å². The van der Waals surface area contributed by atoms with Crippen molar-refractivity contribution in [2.75, 3.05) is 40.3 Å². The second-order valence-corrected chi connectivity index (χ2v) is 3.88. The van der Waals surface area contributed by atoms with Crippen LogP contribution in [0.1, 0.15) is 12.8 Å². The van der Waals surface area contributed by atoms with E-state index >= 15 is 0 Å². The van der Waals surface area contributed by atoms with E-state index in [9.17, 15) is 9.59 Å². The largest absolute Gasteiger partial charge is 0.318 e. The molecule has 1 aliphatic heterocycles. The zero-order valence-electron chi connectivity index (χ0n) is 9.45. The van der Waals surface area contributed by atoms with Crippen molar-refractivity contribution in [3.05, 3.63) is 0 Å². The van der Waals surface area contributed by atoms with E-state index in [-0.39, 0.29) is 11.8 Å². The van der Waals surface area contributed by atoms with Crippen LogP contribution in [-0.2, 0) is 9.59 Å². The Labute approximate surface area is 90.4 Å². The molecule has 1 aliphatic rings. The summed E-state index contributed by atoms with van der Waals surface area (Å²) in [7, 11) is 3.76. The van der Waals surface area contributed by atoms with E-state index in [0.29, 0.717) is 19.5 Å². The number of imide groups is 1. The molecule has 0 aromatic heterocycles. The Morgan fingerprint density at radius 1 is 1.60 bits per heavy atom. The van der Waals surface area contributed by atoms with Gasteiger partial charge in [0.1, 0.15) is 0 Å². The van der Waals surface area contributed by atoms with E-state index < -0.39 is 0 Å². The van der Waals surface area contributed by atoms with Crippen molar-refractivity contribution in [2.45, 2.75) is 12.8 Å². The molecule has 0 aromatic rings. The predicted molar refractivity (Wildman–Crippen MR) is 57.4 cm³/mol. The number of amides is 2. The SMILES string of the molecule is CNCCN(C)CC(=O)N1CCCC1=O. The van der Waals surface area contributed by atoms with Crippen molar-refractivity contribution in [1.82, 2.24) is 15.1 Å². The van der Waals surface area contributed by atoms with Gasteiger partial charge in [0.15, 0.2) is 0 Å². The highest BCUT2D eigenvalue weighted by Crippen LogP contribution is 2.09. The van der Waals surface area contributed by atoms with Crippen LogP contribution in [-0.4, -0.2) is 61.9 Å². The van der Waals surface area contributed by atoms with Crippen LogP contribution < -0.4 is 5.32 Å². The van der Waals surface area contributed by atoms with Gasteiger partial charge in [0, 0.05) is 26.1 Å². The number of likely N-dealkylation sites (tertiary alicyclic amines) is 1. The fourth-order valence-electron chi connectivity index (χ4n) is 1.61. The van der Waals surface area contributed by atoms with Crippen molar-refractivity contribution in [3.63, 3.8) is 0 Å². The molecule has 1 rings (SSSR count). The molecule has 0 aliphatic carbocycles. The summed E-state index contributed by atoms with van der Waals surface area (Å²) in [4.78, 5) is 26.2. The molecule has 1 N–H and O–H groups in total. The van der Waals surface area contributed by atoms with Crippen molar-refractivity contribution in [1.29, 1.82) is 0 Å². The lowest BCUT2D eigenvalue weighted by Gasteiger charge is -2.19. The lowest BCUT2D eigenvalue weighted by molar-refractivity contribution is -0.142. The minimum absolute atomic E-state index is 0.0259. The van der Waals surface area contributed by atoms with Gasteiger partial charge in [-0.05, 0) is 20.5 Å². The number of hydrogen-bond donors (Lipinski definition) is 1. The van der Waals surface area contributed by atoms with Gasteiger partial charge in [-0.2, -0.15) is 0 Å². The van der Waals surface area contributed by atoms with Gasteiger partial charge in [0.2, 0.25) is 11.8 Å². The zero-order valence-corrected chi connectivity index (χ0v) is 9.45. The van der Waals surface area contributed by atoms with Crippen LogP contribution in [0.3, 0.4) is 0 Å². The summed E-state index contributed by atoms with van der Waals surface area (Å²) in [6, 6.07) is 0. The van der Waals surface area contributed by atoms with E-state index in [0.717, 1.165) is 19.5 Å². The molecule has 0 radical (unpaired) electrons. The van der Waals surface area contributed by atoms with Gasteiger partial charge in [-0.25, -0.2) is 0 Å². The molecule has 0 atom stereocenters. The molecule has 86 valence electrons. The quantitative estimate of drug-likeness (QED) is 0.655. The summed E-state index contributed by atoms with van der Waals surface area (Å²) in [6.45, 7) is 2.58. The van der Waals surface area contributed by atoms with Crippen LogP contribution >= 0.6 is 0 Å².